The zero-order valence-electron chi connectivity index (χ0n) is 26.5. The standard InChI is InChI=1S/C37H41N5O4/c1-41-22-8-20-37(24-41,36(46)39-28-16-12-25(13-17-28)14-19-32(43)44)40-35(45)27-15-18-29-31(23-27)42(2)34(30-11-6-7-21-38-30)33(29)26-9-4-3-5-10-26/h6-7,11-19,21,23,26H,3-5,8-10,20,22,24H2,1-2H3,(H,39,46)(H,40,45)(H,43,44)/b19-14+. The molecule has 9 heteroatoms. The first kappa shape index (κ1) is 31.2. The van der Waals surface area contributed by atoms with Gasteiger partial charge in [-0.15, -0.1) is 0 Å². The number of aryl methyl sites for hydroxylation is 1. The summed E-state index contributed by atoms with van der Waals surface area (Å²) in [5, 5.41) is 16.2. The molecule has 1 aliphatic heterocycles. The van der Waals surface area contributed by atoms with E-state index in [0.717, 1.165) is 54.2 Å². The molecule has 0 spiro atoms. The molecule has 2 aromatic carbocycles. The fourth-order valence-electron chi connectivity index (χ4n) is 7.22. The van der Waals surface area contributed by atoms with E-state index in [9.17, 15) is 14.4 Å². The number of amides is 2. The Kier molecular flexibility index (Phi) is 9.03. The Morgan fingerprint density at radius 2 is 1.76 bits per heavy atom. The van der Waals surface area contributed by atoms with Gasteiger partial charge >= 0.3 is 5.97 Å². The minimum absolute atomic E-state index is 0.279. The van der Waals surface area contributed by atoms with Crippen molar-refractivity contribution in [3.8, 4) is 11.4 Å². The monoisotopic (exact) mass is 619 g/mol. The molecule has 2 aromatic heterocycles. The average molecular weight is 620 g/mol. The van der Waals surface area contributed by atoms with Crippen molar-refractivity contribution in [2.75, 3.05) is 25.5 Å². The number of anilines is 1. The average Bonchev–Trinajstić information content (AvgIpc) is 3.36. The van der Waals surface area contributed by atoms with E-state index in [0.29, 0.717) is 35.7 Å². The largest absolute Gasteiger partial charge is 0.478 e. The van der Waals surface area contributed by atoms with Gasteiger partial charge in [0.25, 0.3) is 11.8 Å². The van der Waals surface area contributed by atoms with Gasteiger partial charge in [0.15, 0.2) is 0 Å². The van der Waals surface area contributed by atoms with Crippen LogP contribution in [0.1, 0.15) is 72.3 Å². The van der Waals surface area contributed by atoms with Crippen molar-refractivity contribution in [3.05, 3.63) is 89.6 Å². The maximum Gasteiger partial charge on any atom is 0.328 e. The predicted octanol–water partition coefficient (Wildman–Crippen LogP) is 6.22. The quantitative estimate of drug-likeness (QED) is 0.202. The third-order valence-electron chi connectivity index (χ3n) is 9.48. The summed E-state index contributed by atoms with van der Waals surface area (Å²) in [6.45, 7) is 1.22. The van der Waals surface area contributed by atoms with Gasteiger partial charge in [0, 0.05) is 48.0 Å². The van der Waals surface area contributed by atoms with Crippen LogP contribution in [-0.2, 0) is 16.6 Å². The third kappa shape index (κ3) is 6.46. The number of hydrogen-bond acceptors (Lipinski definition) is 5. The lowest BCUT2D eigenvalue weighted by molar-refractivity contribution is -0.131. The Morgan fingerprint density at radius 3 is 2.46 bits per heavy atom. The first-order chi connectivity index (χ1) is 22.2. The summed E-state index contributed by atoms with van der Waals surface area (Å²) >= 11 is 0. The summed E-state index contributed by atoms with van der Waals surface area (Å²) < 4.78 is 2.17. The van der Waals surface area contributed by atoms with Crippen LogP contribution in [-0.4, -0.2) is 63.0 Å². The topological polar surface area (TPSA) is 117 Å². The summed E-state index contributed by atoms with van der Waals surface area (Å²) in [6.07, 6.45) is 11.7. The molecule has 9 nitrogen and oxygen atoms in total. The van der Waals surface area contributed by atoms with Crippen molar-refractivity contribution in [1.82, 2.24) is 19.8 Å². The summed E-state index contributed by atoms with van der Waals surface area (Å²) in [7, 11) is 4.01. The van der Waals surface area contributed by atoms with Gasteiger partial charge in [-0.25, -0.2) is 4.79 Å². The van der Waals surface area contributed by atoms with Crippen molar-refractivity contribution in [2.24, 2.45) is 7.05 Å². The molecular formula is C37H41N5O4. The summed E-state index contributed by atoms with van der Waals surface area (Å²) in [5.74, 6) is -1.15. The molecule has 2 amide bonds. The molecule has 2 fully saturated rings. The van der Waals surface area contributed by atoms with Crippen molar-refractivity contribution >= 4 is 40.4 Å². The van der Waals surface area contributed by atoms with Crippen molar-refractivity contribution in [3.63, 3.8) is 0 Å². The molecule has 1 saturated carbocycles. The Balaban J connectivity index is 1.30. The molecule has 238 valence electrons. The Labute approximate surface area is 269 Å². The molecule has 2 aliphatic rings. The van der Waals surface area contributed by atoms with Crippen LogP contribution in [0.3, 0.4) is 0 Å². The number of carbonyl (C=O) groups excluding carboxylic acids is 2. The molecule has 1 aliphatic carbocycles. The number of carboxylic acids is 1. The third-order valence-corrected chi connectivity index (χ3v) is 9.48. The first-order valence-corrected chi connectivity index (χ1v) is 16.1. The van der Waals surface area contributed by atoms with Crippen LogP contribution in [0.25, 0.3) is 28.4 Å². The SMILES string of the molecule is CN1CCCC(NC(=O)c2ccc3c(C4CCCCC4)c(-c4ccccn4)n(C)c3c2)(C(=O)Nc2ccc(/C=C/C(=O)O)cc2)C1. The number of nitrogens with zero attached hydrogens (tertiary/aromatic N) is 3. The van der Waals surface area contributed by atoms with E-state index < -0.39 is 11.5 Å². The van der Waals surface area contributed by atoms with Crippen LogP contribution in [0.15, 0.2) is 72.9 Å². The van der Waals surface area contributed by atoms with Gasteiger partial charge in [-0.3, -0.25) is 14.6 Å². The Hall–Kier alpha value is -4.76. The second-order valence-corrected chi connectivity index (χ2v) is 12.7. The number of aliphatic carboxylic acids is 1. The van der Waals surface area contributed by atoms with Gasteiger partial charge in [0.05, 0.1) is 11.4 Å². The van der Waals surface area contributed by atoms with Crippen LogP contribution in [0, 0.1) is 0 Å². The normalized spacial score (nSPS) is 19.3. The molecule has 1 atom stereocenters. The minimum Gasteiger partial charge on any atom is -0.478 e. The number of aromatic nitrogens is 2. The number of likely N-dealkylation sites (N-methyl/N-ethyl adjacent to an activating group) is 1. The highest BCUT2D eigenvalue weighted by Crippen LogP contribution is 2.43. The van der Waals surface area contributed by atoms with Crippen LogP contribution in [0.5, 0.6) is 0 Å². The number of likely N-dealkylation sites (tertiary alicyclic amines) is 1. The fourth-order valence-corrected chi connectivity index (χ4v) is 7.22. The summed E-state index contributed by atoms with van der Waals surface area (Å²) in [4.78, 5) is 45.5. The molecular weight excluding hydrogens is 578 g/mol. The van der Waals surface area contributed by atoms with Crippen molar-refractivity contribution in [2.45, 2.75) is 56.4 Å². The number of pyridine rings is 1. The zero-order chi connectivity index (χ0) is 32.3. The molecule has 1 unspecified atom stereocenters. The number of hydrogen-bond donors (Lipinski definition) is 3. The molecule has 0 bridgehead atoms. The Bertz CT molecular complexity index is 1770. The number of piperidine rings is 1. The van der Waals surface area contributed by atoms with Crippen molar-refractivity contribution < 1.29 is 19.5 Å². The van der Waals surface area contributed by atoms with E-state index in [1.165, 1.54) is 30.9 Å². The fraction of sp³-hybridized carbons (Fsp3) is 0.351. The zero-order valence-corrected chi connectivity index (χ0v) is 26.5. The molecule has 1 saturated heterocycles. The molecule has 4 aromatic rings. The van der Waals surface area contributed by atoms with Crippen LogP contribution in [0.4, 0.5) is 5.69 Å². The number of nitrogens with one attached hydrogen (secondary N) is 2. The van der Waals surface area contributed by atoms with Crippen molar-refractivity contribution in [1.29, 1.82) is 0 Å². The Morgan fingerprint density at radius 1 is 0.978 bits per heavy atom. The van der Waals surface area contributed by atoms with Gasteiger partial charge in [-0.2, -0.15) is 0 Å². The maximum absolute atomic E-state index is 14.0. The van der Waals surface area contributed by atoms with Gasteiger partial charge in [0.1, 0.15) is 5.54 Å². The lowest BCUT2D eigenvalue weighted by Gasteiger charge is -2.40. The van der Waals surface area contributed by atoms with E-state index in [4.69, 9.17) is 10.1 Å². The number of benzene rings is 2. The highest BCUT2D eigenvalue weighted by Gasteiger charge is 2.43. The van der Waals surface area contributed by atoms with Gasteiger partial charge in [0.2, 0.25) is 0 Å². The van der Waals surface area contributed by atoms with E-state index in [1.54, 1.807) is 24.3 Å². The number of carbonyl (C=O) groups is 3. The molecule has 3 heterocycles. The number of carboxylic acid groups (broad SMARTS) is 1. The minimum atomic E-state index is -1.12. The lowest BCUT2D eigenvalue weighted by Crippen LogP contribution is -2.64. The lowest BCUT2D eigenvalue weighted by atomic mass is 9.82. The molecule has 0 radical (unpaired) electrons. The van der Waals surface area contributed by atoms with E-state index in [-0.39, 0.29) is 11.8 Å². The molecule has 46 heavy (non-hydrogen) atoms. The predicted molar refractivity (Wildman–Crippen MR) is 181 cm³/mol. The maximum atomic E-state index is 14.0. The van der Waals surface area contributed by atoms with Crippen LogP contribution < -0.4 is 10.6 Å². The second-order valence-electron chi connectivity index (χ2n) is 12.7. The highest BCUT2D eigenvalue weighted by atomic mass is 16.4. The van der Waals surface area contributed by atoms with Crippen LogP contribution in [0.2, 0.25) is 0 Å². The smallest absolute Gasteiger partial charge is 0.328 e. The van der Waals surface area contributed by atoms with E-state index >= 15 is 0 Å². The van der Waals surface area contributed by atoms with Gasteiger partial charge in [-0.1, -0.05) is 43.5 Å². The van der Waals surface area contributed by atoms with Gasteiger partial charge in [-0.05, 0) is 98.8 Å². The number of fused-ring (bicyclic) bond motifs is 1. The van der Waals surface area contributed by atoms with Crippen LogP contribution >= 0.6 is 0 Å². The first-order valence-electron chi connectivity index (χ1n) is 16.1. The summed E-state index contributed by atoms with van der Waals surface area (Å²) in [6, 6.07) is 18.8. The van der Waals surface area contributed by atoms with E-state index in [2.05, 4.69) is 32.2 Å². The van der Waals surface area contributed by atoms with E-state index in [1.807, 2.05) is 44.6 Å². The number of rotatable bonds is 8. The molecule has 3 N–H and O–H groups in total. The second kappa shape index (κ2) is 13.3. The highest BCUT2D eigenvalue weighted by molar-refractivity contribution is 6.06. The van der Waals surface area contributed by atoms with Gasteiger partial charge < -0.3 is 25.2 Å². The molecule has 6 rings (SSSR count). The summed E-state index contributed by atoms with van der Waals surface area (Å²) in [5.41, 5.74) is 4.99.